The Kier molecular flexibility index (Phi) is 2.76. The third-order valence-electron chi connectivity index (χ3n) is 2.68. The minimum Gasteiger partial charge on any atom is -0.442 e. The normalized spacial score (nSPS) is 15.6. The number of sulfonamides is 1. The fraction of sp³-hybridized carbons (Fsp3) is 0.273. The van der Waals surface area contributed by atoms with Gasteiger partial charge in [0.25, 0.3) is 15.6 Å². The minimum atomic E-state index is -3.61. The Morgan fingerprint density at radius 3 is 2.68 bits per heavy atom. The topological polar surface area (TPSA) is 105 Å². The molecule has 8 heteroatoms. The van der Waals surface area contributed by atoms with Gasteiger partial charge in [0.2, 0.25) is 5.09 Å². The number of nitrogens with zero attached hydrogens (tertiary/aromatic N) is 1. The van der Waals surface area contributed by atoms with Crippen LogP contribution >= 0.6 is 0 Å². The largest absolute Gasteiger partial charge is 0.442 e. The van der Waals surface area contributed by atoms with Crippen LogP contribution in [-0.2, 0) is 10.0 Å². The highest BCUT2D eigenvalue weighted by molar-refractivity contribution is 7.89. The van der Waals surface area contributed by atoms with Crippen LogP contribution in [0.4, 0.5) is 0 Å². The zero-order valence-electron chi connectivity index (χ0n) is 9.79. The average Bonchev–Trinajstić information content (AvgIpc) is 3.02. The van der Waals surface area contributed by atoms with Crippen molar-refractivity contribution in [3.05, 3.63) is 34.6 Å². The lowest BCUT2D eigenvalue weighted by atomic mass is 10.3. The van der Waals surface area contributed by atoms with E-state index < -0.39 is 10.0 Å². The summed E-state index contributed by atoms with van der Waals surface area (Å²) in [7, 11) is -3.61. The molecule has 0 atom stereocenters. The van der Waals surface area contributed by atoms with E-state index in [4.69, 9.17) is 4.42 Å². The van der Waals surface area contributed by atoms with Gasteiger partial charge in [0.05, 0.1) is 0 Å². The second-order valence-electron chi connectivity index (χ2n) is 4.32. The van der Waals surface area contributed by atoms with E-state index in [0.717, 1.165) is 12.8 Å². The molecule has 1 saturated carbocycles. The van der Waals surface area contributed by atoms with Crippen molar-refractivity contribution < 1.29 is 12.8 Å². The van der Waals surface area contributed by atoms with Gasteiger partial charge in [0.1, 0.15) is 5.69 Å². The molecule has 3 rings (SSSR count). The molecule has 2 aromatic heterocycles. The van der Waals surface area contributed by atoms with Crippen LogP contribution < -0.4 is 10.3 Å². The molecule has 2 aromatic rings. The van der Waals surface area contributed by atoms with E-state index in [1.807, 2.05) is 0 Å². The maximum absolute atomic E-state index is 11.9. The maximum Gasteiger partial charge on any atom is 0.274 e. The first-order valence-corrected chi connectivity index (χ1v) is 7.21. The van der Waals surface area contributed by atoms with E-state index in [-0.39, 0.29) is 22.5 Å². The molecule has 0 spiro atoms. The number of aromatic amines is 1. The van der Waals surface area contributed by atoms with Crippen molar-refractivity contribution in [2.24, 2.45) is 0 Å². The highest BCUT2D eigenvalue weighted by atomic mass is 32.2. The molecule has 0 saturated heterocycles. The second kappa shape index (κ2) is 4.32. The summed E-state index contributed by atoms with van der Waals surface area (Å²) in [5, 5.41) is 5.88. The lowest BCUT2D eigenvalue weighted by Crippen LogP contribution is -2.25. The summed E-state index contributed by atoms with van der Waals surface area (Å²) in [4.78, 5) is 10.9. The van der Waals surface area contributed by atoms with Crippen LogP contribution in [0.5, 0.6) is 0 Å². The van der Waals surface area contributed by atoms with Crippen LogP contribution in [0.3, 0.4) is 0 Å². The van der Waals surface area contributed by atoms with Gasteiger partial charge < -0.3 is 4.42 Å². The van der Waals surface area contributed by atoms with Gasteiger partial charge in [-0.05, 0) is 31.0 Å². The van der Waals surface area contributed by atoms with Gasteiger partial charge >= 0.3 is 0 Å². The van der Waals surface area contributed by atoms with Gasteiger partial charge in [0, 0.05) is 12.1 Å². The standard InChI is InChI=1S/C11H11N3O4S/c15-10-5-3-8(12-13-10)9-4-6-11(18-9)19(16,17)14-7-1-2-7/h3-7,14H,1-2H2,(H,13,15). The maximum atomic E-state index is 11.9. The van der Waals surface area contributed by atoms with Crippen LogP contribution in [-0.4, -0.2) is 24.7 Å². The summed E-state index contributed by atoms with van der Waals surface area (Å²) in [5.41, 5.74) is 0.0334. The Morgan fingerprint density at radius 2 is 2.05 bits per heavy atom. The summed E-state index contributed by atoms with van der Waals surface area (Å²) < 4.78 is 31.6. The van der Waals surface area contributed by atoms with Crippen molar-refractivity contribution >= 4 is 10.0 Å². The number of H-pyrrole nitrogens is 1. The monoisotopic (exact) mass is 281 g/mol. The Balaban J connectivity index is 1.90. The number of furan rings is 1. The summed E-state index contributed by atoms with van der Waals surface area (Å²) in [6.45, 7) is 0. The molecule has 1 aliphatic carbocycles. The molecule has 1 fully saturated rings. The number of rotatable bonds is 4. The van der Waals surface area contributed by atoms with E-state index >= 15 is 0 Å². The smallest absolute Gasteiger partial charge is 0.274 e. The van der Waals surface area contributed by atoms with E-state index in [9.17, 15) is 13.2 Å². The van der Waals surface area contributed by atoms with Crippen molar-refractivity contribution in [3.63, 3.8) is 0 Å². The molecule has 100 valence electrons. The number of hydrogen-bond acceptors (Lipinski definition) is 5. The van der Waals surface area contributed by atoms with Crippen LogP contribution in [0.25, 0.3) is 11.5 Å². The Hall–Kier alpha value is -1.93. The molecule has 0 radical (unpaired) electrons. The molecule has 2 heterocycles. The molecular formula is C11H11N3O4S. The first-order chi connectivity index (χ1) is 9.04. The Labute approximate surface area is 108 Å². The molecule has 2 N–H and O–H groups in total. The highest BCUT2D eigenvalue weighted by Crippen LogP contribution is 2.25. The van der Waals surface area contributed by atoms with Gasteiger partial charge in [-0.3, -0.25) is 4.79 Å². The van der Waals surface area contributed by atoms with Gasteiger partial charge in [0.15, 0.2) is 5.76 Å². The first kappa shape index (κ1) is 12.1. The summed E-state index contributed by atoms with van der Waals surface area (Å²) in [5.74, 6) is 0.285. The average molecular weight is 281 g/mol. The molecule has 0 aliphatic heterocycles. The fourth-order valence-electron chi connectivity index (χ4n) is 1.56. The number of hydrogen-bond donors (Lipinski definition) is 2. The van der Waals surface area contributed by atoms with Crippen molar-refractivity contribution in [2.45, 2.75) is 24.0 Å². The van der Waals surface area contributed by atoms with Crippen molar-refractivity contribution in [3.8, 4) is 11.5 Å². The third kappa shape index (κ3) is 2.59. The Bertz CT molecular complexity index is 738. The van der Waals surface area contributed by atoms with Gasteiger partial charge in [-0.25, -0.2) is 18.2 Å². The van der Waals surface area contributed by atoms with Gasteiger partial charge in [-0.2, -0.15) is 5.10 Å². The van der Waals surface area contributed by atoms with Crippen molar-refractivity contribution in [1.82, 2.24) is 14.9 Å². The third-order valence-corrected chi connectivity index (χ3v) is 4.07. The molecular weight excluding hydrogens is 270 g/mol. The number of nitrogens with one attached hydrogen (secondary N) is 2. The molecule has 0 unspecified atom stereocenters. The highest BCUT2D eigenvalue weighted by Gasteiger charge is 2.29. The summed E-state index contributed by atoms with van der Waals surface area (Å²) >= 11 is 0. The van der Waals surface area contributed by atoms with Crippen LogP contribution in [0.15, 0.2) is 38.6 Å². The predicted molar refractivity (Wildman–Crippen MR) is 65.9 cm³/mol. The van der Waals surface area contributed by atoms with Crippen LogP contribution in [0.1, 0.15) is 12.8 Å². The van der Waals surface area contributed by atoms with E-state index in [0.29, 0.717) is 5.69 Å². The van der Waals surface area contributed by atoms with E-state index in [1.54, 1.807) is 0 Å². The van der Waals surface area contributed by atoms with Crippen molar-refractivity contribution in [2.75, 3.05) is 0 Å². The van der Waals surface area contributed by atoms with E-state index in [1.165, 1.54) is 24.3 Å². The van der Waals surface area contributed by atoms with Crippen LogP contribution in [0, 0.1) is 0 Å². The molecule has 0 amide bonds. The fourth-order valence-corrected chi connectivity index (χ4v) is 2.80. The quantitative estimate of drug-likeness (QED) is 0.847. The molecule has 7 nitrogen and oxygen atoms in total. The molecule has 0 bridgehead atoms. The summed E-state index contributed by atoms with van der Waals surface area (Å²) in [6.07, 6.45) is 1.71. The number of aromatic nitrogens is 2. The molecule has 19 heavy (non-hydrogen) atoms. The lowest BCUT2D eigenvalue weighted by molar-refractivity contribution is 0.454. The molecule has 1 aliphatic rings. The zero-order valence-corrected chi connectivity index (χ0v) is 10.6. The minimum absolute atomic E-state index is 0.0183. The second-order valence-corrected chi connectivity index (χ2v) is 5.97. The van der Waals surface area contributed by atoms with Gasteiger partial charge in [-0.1, -0.05) is 0 Å². The Morgan fingerprint density at radius 1 is 1.26 bits per heavy atom. The van der Waals surface area contributed by atoms with E-state index in [2.05, 4.69) is 14.9 Å². The molecule has 0 aromatic carbocycles. The van der Waals surface area contributed by atoms with Crippen molar-refractivity contribution in [1.29, 1.82) is 0 Å². The zero-order chi connectivity index (χ0) is 13.5. The summed E-state index contributed by atoms with van der Waals surface area (Å²) in [6, 6.07) is 5.64. The predicted octanol–water partition coefficient (Wildman–Crippen LogP) is 0.471. The lowest BCUT2D eigenvalue weighted by Gasteiger charge is -2.01. The first-order valence-electron chi connectivity index (χ1n) is 5.73. The van der Waals surface area contributed by atoms with Gasteiger partial charge in [-0.15, -0.1) is 0 Å². The van der Waals surface area contributed by atoms with Crippen LogP contribution in [0.2, 0.25) is 0 Å². The SMILES string of the molecule is O=c1ccc(-c2ccc(S(=O)(=O)NC3CC3)o2)n[nH]1.